The number of rotatable bonds is 20. The Hall–Kier alpha value is -5.45. The highest BCUT2D eigenvalue weighted by Crippen LogP contribution is 2.65. The molecule has 2 bridgehead atoms. The van der Waals surface area contributed by atoms with Crippen molar-refractivity contribution in [3.8, 4) is 11.1 Å². The molecule has 3 saturated carbocycles. The predicted molar refractivity (Wildman–Crippen MR) is 247 cm³/mol. The second kappa shape index (κ2) is 21.2. The molecule has 1 unspecified atom stereocenters. The van der Waals surface area contributed by atoms with Gasteiger partial charge in [0.05, 0.1) is 24.2 Å². The SMILES string of the molecule is CCCCc1ccc(-c2ccc(C(=O)NCCC(=O)N3C[C@@H](N)C[C@H]3C(=O)N[C@H](C(=O)N[C@@H](N)C(=O)N[C@@H](CC(N)=O)C(=O)N[C@@H](N)B3OC4C[C@@H]5C[C@@H](C5(C)C)[C@]4(C)O3)[C@@H](C)O)cc2)cc1. The van der Waals surface area contributed by atoms with E-state index in [-0.39, 0.29) is 49.3 Å². The molecule has 5 aliphatic rings. The van der Waals surface area contributed by atoms with Gasteiger partial charge in [-0.2, -0.15) is 0 Å². The minimum atomic E-state index is -1.85. The van der Waals surface area contributed by atoms with Gasteiger partial charge in [0.25, 0.3) is 11.8 Å². The van der Waals surface area contributed by atoms with E-state index in [2.05, 4.69) is 71.6 Å². The van der Waals surface area contributed by atoms with Gasteiger partial charge < -0.3 is 68.8 Å². The molecule has 5 fully saturated rings. The first-order chi connectivity index (χ1) is 31.6. The van der Waals surface area contributed by atoms with Crippen molar-refractivity contribution in [3.63, 3.8) is 0 Å². The van der Waals surface area contributed by atoms with E-state index in [1.807, 2.05) is 19.1 Å². The van der Waals surface area contributed by atoms with Crippen LogP contribution in [0.2, 0.25) is 0 Å². The van der Waals surface area contributed by atoms with Crippen molar-refractivity contribution in [2.45, 2.75) is 140 Å². The first-order valence-corrected chi connectivity index (χ1v) is 23.2. The third kappa shape index (κ3) is 11.6. The summed E-state index contributed by atoms with van der Waals surface area (Å²) in [4.78, 5) is 93.1. The average molecular weight is 931 g/mol. The van der Waals surface area contributed by atoms with Crippen LogP contribution in [0.15, 0.2) is 48.5 Å². The summed E-state index contributed by atoms with van der Waals surface area (Å²) < 4.78 is 12.4. The zero-order chi connectivity index (χ0) is 49.0. The number of hydrogen-bond donors (Lipinski definition) is 10. The molecule has 2 saturated heterocycles. The molecule has 0 spiro atoms. The van der Waals surface area contributed by atoms with Crippen LogP contribution in [0.4, 0.5) is 0 Å². The van der Waals surface area contributed by atoms with Crippen LogP contribution in [0.5, 0.6) is 0 Å². The van der Waals surface area contributed by atoms with Gasteiger partial charge in [0.1, 0.15) is 24.2 Å². The molecule has 21 heteroatoms. The number of carbonyl (C=O) groups excluding carboxylic acids is 7. The molecular weight excluding hydrogens is 863 g/mol. The number of aliphatic hydroxyl groups excluding tert-OH is 1. The van der Waals surface area contributed by atoms with Gasteiger partial charge in [-0.15, -0.1) is 0 Å². The van der Waals surface area contributed by atoms with E-state index >= 15 is 0 Å². The topological polar surface area (TPSA) is 326 Å². The summed E-state index contributed by atoms with van der Waals surface area (Å²) in [6.07, 6.45) is 0.697. The highest BCUT2D eigenvalue weighted by atomic mass is 16.7. The van der Waals surface area contributed by atoms with E-state index in [1.54, 1.807) is 12.1 Å². The standard InChI is InChI=1S/C46H67BN10O10/c1-6-7-8-25-9-11-26(12-10-25)27-13-15-28(16-14-27)39(61)52-18-17-36(60)57-23-30(48)21-32(57)41(63)54-37(24(2)58)42(64)55-38(50)43(65)53-31(22-35(49)59)40(62)56-44(51)47-66-34-20-29-19-33(45(29,3)4)46(34,5)67-47/h9-16,24,29-34,37-38,44,58H,6-8,17-23,48,50-51H2,1-5H3,(H2,49,59)(H,52,61)(H,53,65)(H,54,63)(H,55,64)(H,56,62)/t24-,29+,30+,31+,32+,33+,34?,37+,38-,44-,46+/m1/s1. The first-order valence-electron chi connectivity index (χ1n) is 23.2. The number of nitrogens with two attached hydrogens (primary N) is 4. The number of primary amides is 1. The molecule has 7 amide bonds. The number of aliphatic hydroxyl groups is 1. The van der Waals surface area contributed by atoms with Crippen LogP contribution in [-0.4, -0.2) is 126 Å². The highest BCUT2D eigenvalue weighted by Gasteiger charge is 2.68. The second-order valence-corrected chi connectivity index (χ2v) is 19.3. The smallest absolute Gasteiger partial charge is 0.403 e. The van der Waals surface area contributed by atoms with Crippen molar-refractivity contribution in [2.75, 3.05) is 13.1 Å². The molecule has 14 N–H and O–H groups in total. The average Bonchev–Trinajstić information content (AvgIpc) is 3.86. The summed E-state index contributed by atoms with van der Waals surface area (Å²) in [6.45, 7) is 9.74. The quantitative estimate of drug-likeness (QED) is 0.0566. The summed E-state index contributed by atoms with van der Waals surface area (Å²) >= 11 is 0. The van der Waals surface area contributed by atoms with E-state index in [0.29, 0.717) is 11.5 Å². The van der Waals surface area contributed by atoms with Gasteiger partial charge in [0.2, 0.25) is 29.5 Å². The van der Waals surface area contributed by atoms with Crippen molar-refractivity contribution >= 4 is 48.5 Å². The first kappa shape index (κ1) is 51.0. The zero-order valence-corrected chi connectivity index (χ0v) is 38.9. The van der Waals surface area contributed by atoms with Gasteiger partial charge in [-0.05, 0) is 92.0 Å². The van der Waals surface area contributed by atoms with Crippen LogP contribution in [-0.2, 0) is 44.5 Å². The second-order valence-electron chi connectivity index (χ2n) is 19.3. The van der Waals surface area contributed by atoms with Crippen LogP contribution in [0.3, 0.4) is 0 Å². The van der Waals surface area contributed by atoms with Crippen LogP contribution >= 0.6 is 0 Å². The number of benzene rings is 2. The summed E-state index contributed by atoms with van der Waals surface area (Å²) in [5.74, 6) is -4.99. The van der Waals surface area contributed by atoms with Crippen LogP contribution in [0.25, 0.3) is 11.1 Å². The molecule has 7 rings (SSSR count). The minimum absolute atomic E-state index is 0.0211. The van der Waals surface area contributed by atoms with Crippen molar-refractivity contribution < 1.29 is 48.0 Å². The number of carbonyl (C=O) groups is 7. The zero-order valence-electron chi connectivity index (χ0n) is 38.9. The Morgan fingerprint density at radius 1 is 0.881 bits per heavy atom. The van der Waals surface area contributed by atoms with Crippen molar-refractivity contribution in [3.05, 3.63) is 59.7 Å². The molecule has 0 radical (unpaired) electrons. The Bertz CT molecular complexity index is 2160. The van der Waals surface area contributed by atoms with Gasteiger partial charge in [0, 0.05) is 31.1 Å². The van der Waals surface area contributed by atoms with Gasteiger partial charge in [-0.1, -0.05) is 63.6 Å². The lowest BCUT2D eigenvalue weighted by molar-refractivity contribution is -0.199. The maximum Gasteiger partial charge on any atom is 0.497 e. The van der Waals surface area contributed by atoms with Gasteiger partial charge in [0.15, 0.2) is 6.17 Å². The van der Waals surface area contributed by atoms with Crippen LogP contribution in [0, 0.1) is 17.3 Å². The maximum absolute atomic E-state index is 13.6. The number of amides is 7. The third-order valence-corrected chi connectivity index (χ3v) is 14.1. The number of nitrogens with zero attached hydrogens (tertiary/aromatic N) is 1. The summed E-state index contributed by atoms with van der Waals surface area (Å²) in [7, 11) is -1.01. The van der Waals surface area contributed by atoms with E-state index < -0.39 is 97.1 Å². The third-order valence-electron chi connectivity index (χ3n) is 14.1. The Balaban J connectivity index is 0.972. The maximum atomic E-state index is 13.6. The lowest BCUT2D eigenvalue weighted by Crippen LogP contribution is -2.65. The molecule has 67 heavy (non-hydrogen) atoms. The van der Waals surface area contributed by atoms with Crippen LogP contribution < -0.4 is 49.5 Å². The van der Waals surface area contributed by atoms with Crippen molar-refractivity contribution in [1.82, 2.24) is 31.5 Å². The number of aryl methyl sites for hydroxylation is 1. The summed E-state index contributed by atoms with van der Waals surface area (Å²) in [5, 5.41) is 22.7. The monoisotopic (exact) mass is 931 g/mol. The minimum Gasteiger partial charge on any atom is -0.403 e. The highest BCUT2D eigenvalue weighted by molar-refractivity contribution is 6.47. The molecular formula is C46H67BN10O10. The fourth-order valence-electron chi connectivity index (χ4n) is 10.0. The van der Waals surface area contributed by atoms with Gasteiger partial charge >= 0.3 is 7.12 Å². The Labute approximate surface area is 391 Å². The molecule has 2 aromatic rings. The molecule has 2 aromatic carbocycles. The fourth-order valence-corrected chi connectivity index (χ4v) is 10.0. The molecule has 2 aliphatic heterocycles. The van der Waals surface area contributed by atoms with Crippen molar-refractivity contribution in [2.24, 2.45) is 40.2 Å². The van der Waals surface area contributed by atoms with Crippen LogP contribution in [0.1, 0.15) is 95.5 Å². The van der Waals surface area contributed by atoms with Gasteiger partial charge in [-0.25, -0.2) is 0 Å². The summed E-state index contributed by atoms with van der Waals surface area (Å²) in [5.41, 5.74) is 27.0. The van der Waals surface area contributed by atoms with E-state index in [4.69, 9.17) is 32.2 Å². The molecule has 364 valence electrons. The molecule has 2 heterocycles. The molecule has 20 nitrogen and oxygen atoms in total. The largest absolute Gasteiger partial charge is 0.497 e. The van der Waals surface area contributed by atoms with Crippen molar-refractivity contribution in [1.29, 1.82) is 0 Å². The lowest BCUT2D eigenvalue weighted by Gasteiger charge is -2.64. The van der Waals surface area contributed by atoms with E-state index in [1.165, 1.54) is 17.4 Å². The van der Waals surface area contributed by atoms with E-state index in [9.17, 15) is 38.7 Å². The molecule has 3 aliphatic carbocycles. The molecule has 0 aromatic heterocycles. The Morgan fingerprint density at radius 3 is 2.15 bits per heavy atom. The predicted octanol–water partition coefficient (Wildman–Crippen LogP) is -0.960. The van der Waals surface area contributed by atoms with Gasteiger partial charge in [-0.3, -0.25) is 33.6 Å². The number of hydrogen-bond acceptors (Lipinski definition) is 13. The normalized spacial score (nSPS) is 25.8. The molecule has 11 atom stereocenters. The van der Waals surface area contributed by atoms with E-state index in [0.717, 1.165) is 43.2 Å². The lowest BCUT2D eigenvalue weighted by atomic mass is 9.43. The fraction of sp³-hybridized carbons (Fsp3) is 0.587. The Kier molecular flexibility index (Phi) is 16.2. The summed E-state index contributed by atoms with van der Waals surface area (Å²) in [6, 6.07) is 9.32. The Morgan fingerprint density at radius 2 is 1.54 bits per heavy atom. The number of unbranched alkanes of at least 4 members (excludes halogenated alkanes) is 1. The number of nitrogens with one attached hydrogen (secondary N) is 5. The number of likely N-dealkylation sites (tertiary alicyclic amines) is 1.